The fourth-order valence-electron chi connectivity index (χ4n) is 1.33. The van der Waals surface area contributed by atoms with Gasteiger partial charge in [0, 0.05) is 6.61 Å². The molecule has 2 atom stereocenters. The molecule has 0 rings (SSSR count). The van der Waals surface area contributed by atoms with Crippen LogP contribution in [0.25, 0.3) is 0 Å². The summed E-state index contributed by atoms with van der Waals surface area (Å²) >= 11 is 0. The molecule has 0 aromatic heterocycles. The summed E-state index contributed by atoms with van der Waals surface area (Å²) in [4.78, 5) is 11.6. The van der Waals surface area contributed by atoms with Gasteiger partial charge >= 0.3 is 5.97 Å². The van der Waals surface area contributed by atoms with Gasteiger partial charge in [0.05, 0.1) is 12.5 Å². The molecule has 0 saturated heterocycles. The van der Waals surface area contributed by atoms with Crippen LogP contribution in [0.2, 0.25) is 0 Å². The highest BCUT2D eigenvalue weighted by Gasteiger charge is 2.29. The molecule has 0 amide bonds. The molecule has 0 bridgehead atoms. The van der Waals surface area contributed by atoms with Gasteiger partial charge in [-0.25, -0.2) is 0 Å². The zero-order valence-electron chi connectivity index (χ0n) is 9.56. The van der Waals surface area contributed by atoms with E-state index in [1.54, 1.807) is 6.92 Å². The van der Waals surface area contributed by atoms with Gasteiger partial charge in [-0.1, -0.05) is 13.3 Å². The van der Waals surface area contributed by atoms with Crippen molar-refractivity contribution in [3.8, 4) is 0 Å². The minimum absolute atomic E-state index is 0.153. The monoisotopic (exact) mass is 234 g/mol. The number of carbonyl (C=O) groups is 1. The van der Waals surface area contributed by atoms with E-state index in [1.165, 1.54) is 0 Å². The lowest BCUT2D eigenvalue weighted by Crippen LogP contribution is -2.28. The second kappa shape index (κ2) is 8.81. The van der Waals surface area contributed by atoms with Crippen molar-refractivity contribution in [2.45, 2.75) is 39.5 Å². The predicted molar refractivity (Wildman–Crippen MR) is 58.1 cm³/mol. The Morgan fingerprint density at radius 1 is 1.27 bits per heavy atom. The minimum atomic E-state index is -0.575. The standard InChI is InChI=1S/C10H19O4P/c1-4-7-8(9(11)13-5-2)10(15-12)14-6-3/h8,10H,4-7H2,1-3H3. The van der Waals surface area contributed by atoms with Gasteiger partial charge in [-0.15, -0.1) is 0 Å². The van der Waals surface area contributed by atoms with Gasteiger partial charge in [0.2, 0.25) is 0 Å². The number of hydrogen-bond donors (Lipinski definition) is 0. The van der Waals surface area contributed by atoms with Gasteiger partial charge in [-0.2, -0.15) is 0 Å². The van der Waals surface area contributed by atoms with Gasteiger partial charge < -0.3 is 9.47 Å². The Labute approximate surface area is 92.5 Å². The summed E-state index contributed by atoms with van der Waals surface area (Å²) < 4.78 is 21.1. The van der Waals surface area contributed by atoms with Crippen molar-refractivity contribution in [3.05, 3.63) is 0 Å². The molecule has 2 unspecified atom stereocenters. The van der Waals surface area contributed by atoms with Crippen LogP contribution in [0.4, 0.5) is 0 Å². The van der Waals surface area contributed by atoms with E-state index in [-0.39, 0.29) is 14.4 Å². The van der Waals surface area contributed by atoms with Crippen LogP contribution < -0.4 is 0 Å². The van der Waals surface area contributed by atoms with Crippen molar-refractivity contribution in [1.29, 1.82) is 0 Å². The van der Waals surface area contributed by atoms with Crippen molar-refractivity contribution in [2.24, 2.45) is 5.92 Å². The maximum absolute atomic E-state index is 11.6. The molecule has 0 aliphatic rings. The van der Waals surface area contributed by atoms with Crippen molar-refractivity contribution in [3.63, 3.8) is 0 Å². The van der Waals surface area contributed by atoms with Gasteiger partial charge in [-0.3, -0.25) is 9.36 Å². The lowest BCUT2D eigenvalue weighted by atomic mass is 10.1. The topological polar surface area (TPSA) is 52.6 Å². The largest absolute Gasteiger partial charge is 0.466 e. The van der Waals surface area contributed by atoms with Crippen LogP contribution in [0.1, 0.15) is 33.6 Å². The summed E-state index contributed by atoms with van der Waals surface area (Å²) in [5.41, 5.74) is 0. The van der Waals surface area contributed by atoms with Crippen molar-refractivity contribution in [1.82, 2.24) is 0 Å². The van der Waals surface area contributed by atoms with Crippen LogP contribution in [0.15, 0.2) is 0 Å². The summed E-state index contributed by atoms with van der Waals surface area (Å²) in [6.07, 6.45) is 1.47. The van der Waals surface area contributed by atoms with E-state index in [1.807, 2.05) is 13.8 Å². The molecular weight excluding hydrogens is 215 g/mol. The van der Waals surface area contributed by atoms with Gasteiger partial charge in [0.15, 0.2) is 14.3 Å². The highest BCUT2D eigenvalue weighted by molar-refractivity contribution is 7.24. The van der Waals surface area contributed by atoms with Crippen LogP contribution in [0.5, 0.6) is 0 Å². The highest BCUT2D eigenvalue weighted by Crippen LogP contribution is 2.24. The lowest BCUT2D eigenvalue weighted by molar-refractivity contribution is -0.151. The first-order valence-electron chi connectivity index (χ1n) is 5.31. The summed E-state index contributed by atoms with van der Waals surface area (Å²) in [6, 6.07) is 0. The summed E-state index contributed by atoms with van der Waals surface area (Å²) in [5.74, 6) is -1.32. The van der Waals surface area contributed by atoms with Crippen molar-refractivity contribution < 1.29 is 18.8 Å². The maximum Gasteiger partial charge on any atom is 0.312 e. The van der Waals surface area contributed by atoms with E-state index in [4.69, 9.17) is 9.47 Å². The van der Waals surface area contributed by atoms with Crippen LogP contribution in [0.3, 0.4) is 0 Å². The van der Waals surface area contributed by atoms with Crippen molar-refractivity contribution >= 4 is 14.4 Å². The number of rotatable bonds is 8. The molecule has 0 aromatic carbocycles. The van der Waals surface area contributed by atoms with Crippen molar-refractivity contribution in [2.75, 3.05) is 13.2 Å². The summed E-state index contributed by atoms with van der Waals surface area (Å²) in [6.45, 7) is 6.32. The predicted octanol–water partition coefficient (Wildman–Crippen LogP) is 2.62. The van der Waals surface area contributed by atoms with E-state index in [0.717, 1.165) is 6.42 Å². The molecular formula is C10H19O4P. The summed E-state index contributed by atoms with van der Waals surface area (Å²) in [5, 5.41) is 0. The Kier molecular flexibility index (Phi) is 8.53. The molecule has 88 valence electrons. The Bertz CT molecular complexity index is 196. The first kappa shape index (κ1) is 14.5. The second-order valence-corrected chi connectivity index (χ2v) is 3.82. The Morgan fingerprint density at radius 2 is 1.93 bits per heavy atom. The SMILES string of the molecule is CCCC(C(=O)OCC)C(OCC)P=O. The molecule has 0 fully saturated rings. The first-order chi connectivity index (χ1) is 7.21. The molecule has 0 aliphatic carbocycles. The first-order valence-corrected chi connectivity index (χ1v) is 6.20. The number of carbonyl (C=O) groups excluding carboxylic acids is 1. The number of ether oxygens (including phenoxy) is 2. The van der Waals surface area contributed by atoms with Gasteiger partial charge in [0.25, 0.3) is 0 Å². The molecule has 0 radical (unpaired) electrons. The fraction of sp³-hybridized carbons (Fsp3) is 0.900. The summed E-state index contributed by atoms with van der Waals surface area (Å²) in [7, 11) is -0.153. The minimum Gasteiger partial charge on any atom is -0.466 e. The van der Waals surface area contributed by atoms with E-state index < -0.39 is 11.8 Å². The third-order valence-corrected chi connectivity index (χ3v) is 2.69. The molecule has 0 aliphatic heterocycles. The number of esters is 1. The molecule has 0 aromatic rings. The molecule has 15 heavy (non-hydrogen) atoms. The number of hydrogen-bond acceptors (Lipinski definition) is 4. The fourth-order valence-corrected chi connectivity index (χ4v) is 1.96. The zero-order valence-corrected chi connectivity index (χ0v) is 10.5. The van der Waals surface area contributed by atoms with Gasteiger partial charge in [-0.05, 0) is 20.3 Å². The molecule has 0 heterocycles. The van der Waals surface area contributed by atoms with Gasteiger partial charge in [0.1, 0.15) is 0 Å². The van der Waals surface area contributed by atoms with E-state index in [9.17, 15) is 9.36 Å². The second-order valence-electron chi connectivity index (χ2n) is 3.10. The molecule has 4 nitrogen and oxygen atoms in total. The Morgan fingerprint density at radius 3 is 2.33 bits per heavy atom. The maximum atomic E-state index is 11.6. The lowest BCUT2D eigenvalue weighted by Gasteiger charge is -2.19. The van der Waals surface area contributed by atoms with Crippen LogP contribution in [-0.2, 0) is 18.8 Å². The quantitative estimate of drug-likeness (QED) is 0.478. The van der Waals surface area contributed by atoms with Crippen LogP contribution in [0, 0.1) is 5.92 Å². The van der Waals surface area contributed by atoms with E-state index >= 15 is 0 Å². The third kappa shape index (κ3) is 5.24. The third-order valence-electron chi connectivity index (χ3n) is 1.97. The smallest absolute Gasteiger partial charge is 0.312 e. The van der Waals surface area contributed by atoms with Crippen LogP contribution >= 0.6 is 8.46 Å². The molecule has 0 spiro atoms. The Balaban J connectivity index is 4.44. The Hall–Kier alpha value is -0.470. The molecule has 0 N–H and O–H groups in total. The molecule has 5 heteroatoms. The highest BCUT2D eigenvalue weighted by atomic mass is 31.1. The average Bonchev–Trinajstić information content (AvgIpc) is 2.23. The average molecular weight is 234 g/mol. The zero-order chi connectivity index (χ0) is 11.7. The normalized spacial score (nSPS) is 14.9. The molecule has 0 saturated carbocycles. The van der Waals surface area contributed by atoms with E-state index in [0.29, 0.717) is 19.6 Å². The van der Waals surface area contributed by atoms with Crippen LogP contribution in [-0.4, -0.2) is 25.0 Å². The van der Waals surface area contributed by atoms with E-state index in [2.05, 4.69) is 0 Å².